The van der Waals surface area contributed by atoms with Crippen LogP contribution in [-0.4, -0.2) is 96.8 Å². The Bertz CT molecular complexity index is 2140. The summed E-state index contributed by atoms with van der Waals surface area (Å²) < 4.78 is 36.2. The number of aromatic nitrogens is 1. The van der Waals surface area contributed by atoms with E-state index in [1.165, 1.54) is 18.9 Å². The van der Waals surface area contributed by atoms with Gasteiger partial charge in [-0.05, 0) is 69.9 Å². The number of piperidine rings is 1. The molecule has 5 aromatic rings. The van der Waals surface area contributed by atoms with Gasteiger partial charge in [-0.2, -0.15) is 0 Å². The van der Waals surface area contributed by atoms with Gasteiger partial charge in [0.1, 0.15) is 27.9 Å². The topological polar surface area (TPSA) is 92.4 Å². The van der Waals surface area contributed by atoms with E-state index in [4.69, 9.17) is 13.9 Å². The van der Waals surface area contributed by atoms with Crippen molar-refractivity contribution in [1.29, 1.82) is 0 Å². The molecule has 0 unspecified atom stereocenters. The maximum atomic E-state index is 16.1. The number of para-hydroxylation sites is 1. The molecule has 2 aromatic heterocycles. The molecule has 0 saturated carbocycles. The van der Waals surface area contributed by atoms with Crippen LogP contribution in [0.5, 0.6) is 11.5 Å². The van der Waals surface area contributed by atoms with Gasteiger partial charge in [-0.25, -0.2) is 4.39 Å². The highest BCUT2D eigenvalue weighted by Crippen LogP contribution is 2.47. The SMILES string of the molecule is O=C(c1cn2c3c(c(NCCCN4CCOCC4)c(F)cc3c1=O)Oc1cc3c(cc1-2)oc1ccccc13)N1CCC(N2CCCC2)CC1. The minimum absolute atomic E-state index is 0.0289. The van der Waals surface area contributed by atoms with Gasteiger partial charge in [-0.15, -0.1) is 0 Å². The van der Waals surface area contributed by atoms with Gasteiger partial charge in [-0.1, -0.05) is 18.2 Å². The van der Waals surface area contributed by atoms with E-state index < -0.39 is 11.2 Å². The van der Waals surface area contributed by atoms with E-state index in [0.29, 0.717) is 48.2 Å². The number of morpholine rings is 1. The maximum absolute atomic E-state index is 16.1. The van der Waals surface area contributed by atoms with Gasteiger partial charge in [0.15, 0.2) is 17.3 Å². The molecule has 49 heavy (non-hydrogen) atoms. The second-order valence-corrected chi connectivity index (χ2v) is 13.7. The summed E-state index contributed by atoms with van der Waals surface area (Å²) in [5.41, 5.74) is 2.18. The number of nitrogens with zero attached hydrogens (tertiary/aromatic N) is 4. The molecule has 1 amide bonds. The molecule has 3 aromatic carbocycles. The van der Waals surface area contributed by atoms with Crippen molar-refractivity contribution in [2.24, 2.45) is 0 Å². The van der Waals surface area contributed by atoms with Crippen molar-refractivity contribution in [3.63, 3.8) is 0 Å². The third kappa shape index (κ3) is 5.35. The Morgan fingerprint density at radius 3 is 2.53 bits per heavy atom. The fraction of sp³-hybridized carbons (Fsp3) is 0.421. The lowest BCUT2D eigenvalue weighted by molar-refractivity contribution is 0.0378. The van der Waals surface area contributed by atoms with Gasteiger partial charge < -0.3 is 33.6 Å². The van der Waals surface area contributed by atoms with Crippen LogP contribution in [0.3, 0.4) is 0 Å². The highest BCUT2D eigenvalue weighted by Gasteiger charge is 2.33. The molecular weight excluding hydrogens is 625 g/mol. The number of carbonyl (C=O) groups is 1. The molecule has 1 N–H and O–H groups in total. The third-order valence-electron chi connectivity index (χ3n) is 10.8. The number of likely N-dealkylation sites (tertiary alicyclic amines) is 2. The van der Waals surface area contributed by atoms with Gasteiger partial charge in [0.05, 0.1) is 24.3 Å². The quantitative estimate of drug-likeness (QED) is 0.209. The summed E-state index contributed by atoms with van der Waals surface area (Å²) in [5.74, 6) is -0.181. The summed E-state index contributed by atoms with van der Waals surface area (Å²) in [5, 5.41) is 5.20. The van der Waals surface area contributed by atoms with Crippen LogP contribution in [0.25, 0.3) is 38.5 Å². The fourth-order valence-electron chi connectivity index (χ4n) is 8.21. The van der Waals surface area contributed by atoms with Crippen LogP contribution in [0.2, 0.25) is 0 Å². The van der Waals surface area contributed by atoms with Crippen molar-refractivity contribution in [2.75, 3.05) is 70.9 Å². The number of pyridine rings is 1. The Morgan fingerprint density at radius 1 is 0.918 bits per heavy atom. The number of amides is 1. The van der Waals surface area contributed by atoms with Crippen molar-refractivity contribution < 1.29 is 23.1 Å². The molecular formula is C38H40FN5O5. The average Bonchev–Trinajstić information content (AvgIpc) is 3.80. The number of anilines is 1. The first-order chi connectivity index (χ1) is 24.0. The zero-order chi connectivity index (χ0) is 33.1. The lowest BCUT2D eigenvalue weighted by atomic mass is 10.0. The molecule has 0 aliphatic carbocycles. The number of hydrogen-bond donors (Lipinski definition) is 1. The molecule has 3 fully saturated rings. The standard InChI is InChI=1S/C38H40FN5O5/c39-29-20-27-35-37(34(29)40-10-5-11-41-16-18-47-19-17-41)49-33-21-26-25-6-1-2-7-31(25)48-32(26)22-30(33)44(35)23-28(36(27)45)38(46)43-14-8-24(9-15-43)42-12-3-4-13-42/h1-2,6-7,20-24,40H,3-5,8-19H2. The first-order valence-electron chi connectivity index (χ1n) is 17.7. The summed E-state index contributed by atoms with van der Waals surface area (Å²) in [6.07, 6.45) is 6.64. The first-order valence-corrected chi connectivity index (χ1v) is 17.7. The maximum Gasteiger partial charge on any atom is 0.259 e. The number of rotatable bonds is 7. The molecule has 0 radical (unpaired) electrons. The van der Waals surface area contributed by atoms with Gasteiger partial charge in [0.25, 0.3) is 5.91 Å². The van der Waals surface area contributed by atoms with E-state index in [-0.39, 0.29) is 28.3 Å². The Labute approximate surface area is 282 Å². The minimum Gasteiger partial charge on any atom is -0.456 e. The van der Waals surface area contributed by atoms with Crippen LogP contribution in [0.4, 0.5) is 10.1 Å². The van der Waals surface area contributed by atoms with Crippen LogP contribution in [-0.2, 0) is 4.74 Å². The normalized spacial score (nSPS) is 18.8. The van der Waals surface area contributed by atoms with Crippen molar-refractivity contribution >= 4 is 44.4 Å². The Balaban J connectivity index is 1.11. The zero-order valence-corrected chi connectivity index (χ0v) is 27.5. The molecule has 254 valence electrons. The fourth-order valence-corrected chi connectivity index (χ4v) is 8.21. The van der Waals surface area contributed by atoms with E-state index in [9.17, 15) is 9.59 Å². The lowest BCUT2D eigenvalue weighted by Gasteiger charge is -2.36. The van der Waals surface area contributed by atoms with Gasteiger partial charge in [-0.3, -0.25) is 14.5 Å². The molecule has 4 aliphatic rings. The number of hydrogen-bond acceptors (Lipinski definition) is 8. The van der Waals surface area contributed by atoms with Crippen LogP contribution >= 0.6 is 0 Å². The molecule has 4 aliphatic heterocycles. The summed E-state index contributed by atoms with van der Waals surface area (Å²) in [7, 11) is 0. The van der Waals surface area contributed by atoms with Crippen molar-refractivity contribution in [2.45, 2.75) is 38.1 Å². The van der Waals surface area contributed by atoms with Crippen LogP contribution < -0.4 is 15.5 Å². The summed E-state index contributed by atoms with van der Waals surface area (Å²) in [4.78, 5) is 34.9. The van der Waals surface area contributed by atoms with Crippen molar-refractivity contribution in [3.05, 3.63) is 70.3 Å². The molecule has 0 bridgehead atoms. The monoisotopic (exact) mass is 665 g/mol. The van der Waals surface area contributed by atoms with E-state index in [0.717, 1.165) is 81.6 Å². The van der Waals surface area contributed by atoms with Crippen LogP contribution in [0, 0.1) is 5.82 Å². The summed E-state index contributed by atoms with van der Waals surface area (Å²) >= 11 is 0. The summed E-state index contributed by atoms with van der Waals surface area (Å²) in [6, 6.07) is 13.3. The first kappa shape index (κ1) is 30.6. The minimum atomic E-state index is -0.591. The molecule has 10 nitrogen and oxygen atoms in total. The number of nitrogens with one attached hydrogen (secondary N) is 1. The van der Waals surface area contributed by atoms with Crippen LogP contribution in [0.1, 0.15) is 42.5 Å². The number of halogens is 1. The Kier molecular flexibility index (Phi) is 7.78. The van der Waals surface area contributed by atoms with Crippen molar-refractivity contribution in [1.82, 2.24) is 19.3 Å². The third-order valence-corrected chi connectivity index (χ3v) is 10.8. The number of benzene rings is 3. The molecule has 0 atom stereocenters. The highest BCUT2D eigenvalue weighted by molar-refractivity contribution is 6.07. The predicted octanol–water partition coefficient (Wildman–Crippen LogP) is 5.97. The van der Waals surface area contributed by atoms with Crippen LogP contribution in [0.15, 0.2) is 57.9 Å². The van der Waals surface area contributed by atoms with Gasteiger partial charge in [0.2, 0.25) is 5.43 Å². The molecule has 9 rings (SSSR count). The molecule has 0 spiro atoms. The lowest BCUT2D eigenvalue weighted by Crippen LogP contribution is -2.46. The van der Waals surface area contributed by atoms with E-state index in [1.807, 2.05) is 41.0 Å². The number of ether oxygens (including phenoxy) is 2. The zero-order valence-electron chi connectivity index (χ0n) is 27.5. The molecule has 11 heteroatoms. The summed E-state index contributed by atoms with van der Waals surface area (Å²) in [6.45, 7) is 8.01. The van der Waals surface area contributed by atoms with Crippen molar-refractivity contribution in [3.8, 4) is 17.2 Å². The van der Waals surface area contributed by atoms with Gasteiger partial charge in [0, 0.05) is 61.8 Å². The smallest absolute Gasteiger partial charge is 0.259 e. The highest BCUT2D eigenvalue weighted by atomic mass is 19.1. The Morgan fingerprint density at radius 2 is 1.71 bits per heavy atom. The molecule has 3 saturated heterocycles. The largest absolute Gasteiger partial charge is 0.456 e. The second-order valence-electron chi connectivity index (χ2n) is 13.7. The average molecular weight is 666 g/mol. The van der Waals surface area contributed by atoms with E-state index in [1.54, 1.807) is 11.1 Å². The second kappa shape index (κ2) is 12.5. The molecule has 6 heterocycles. The van der Waals surface area contributed by atoms with E-state index >= 15 is 4.39 Å². The predicted molar refractivity (Wildman–Crippen MR) is 187 cm³/mol. The number of fused-ring (bicyclic) bond motifs is 5. The number of furan rings is 1. The Hall–Kier alpha value is -4.45. The number of carbonyl (C=O) groups excluding carboxylic acids is 1. The van der Waals surface area contributed by atoms with Gasteiger partial charge >= 0.3 is 0 Å². The van der Waals surface area contributed by atoms with E-state index in [2.05, 4.69) is 15.1 Å².